The van der Waals surface area contributed by atoms with Crippen LogP contribution in [0.5, 0.6) is 0 Å². The molecule has 1 heterocycles. The molecule has 3 rings (SSSR count). The highest BCUT2D eigenvalue weighted by Gasteiger charge is 2.15. The van der Waals surface area contributed by atoms with Gasteiger partial charge in [0.2, 0.25) is 0 Å². The molecule has 0 aliphatic carbocycles. The maximum Gasteiger partial charge on any atom is 0.168 e. The van der Waals surface area contributed by atoms with Crippen molar-refractivity contribution in [3.63, 3.8) is 0 Å². The maximum absolute atomic E-state index is 13.7. The number of aryl methyl sites for hydroxylation is 1. The molecule has 0 saturated heterocycles. The lowest BCUT2D eigenvalue weighted by atomic mass is 10.1. The van der Waals surface area contributed by atoms with Gasteiger partial charge in [-0.2, -0.15) is 0 Å². The van der Waals surface area contributed by atoms with Gasteiger partial charge in [0.25, 0.3) is 0 Å². The fourth-order valence-corrected chi connectivity index (χ4v) is 2.35. The molecule has 0 atom stereocenters. The first kappa shape index (κ1) is 13.5. The molecule has 0 amide bonds. The first-order chi connectivity index (χ1) is 10.2. The van der Waals surface area contributed by atoms with E-state index in [1.807, 2.05) is 47.9 Å². The van der Waals surface area contributed by atoms with Crippen molar-refractivity contribution in [2.75, 3.05) is 0 Å². The standard InChI is InChI=1S/C16H15FN4/c1-11-7-12(9-13(17)8-11)16-20-19-15(10-18)21(16)14-5-3-2-4-6-14/h2-9H,10,18H2,1H3. The minimum absolute atomic E-state index is 0.260. The van der Waals surface area contributed by atoms with E-state index in [-0.39, 0.29) is 12.4 Å². The number of hydrogen-bond acceptors (Lipinski definition) is 3. The van der Waals surface area contributed by atoms with Crippen molar-refractivity contribution in [2.45, 2.75) is 13.5 Å². The number of aromatic nitrogens is 3. The van der Waals surface area contributed by atoms with E-state index in [0.717, 1.165) is 11.3 Å². The molecule has 2 aromatic carbocycles. The Labute approximate surface area is 122 Å². The van der Waals surface area contributed by atoms with Gasteiger partial charge in [0, 0.05) is 11.3 Å². The Morgan fingerprint density at radius 2 is 1.86 bits per heavy atom. The van der Waals surface area contributed by atoms with Crippen LogP contribution in [-0.4, -0.2) is 14.8 Å². The molecule has 0 fully saturated rings. The quantitative estimate of drug-likeness (QED) is 0.803. The summed E-state index contributed by atoms with van der Waals surface area (Å²) in [6.07, 6.45) is 0. The van der Waals surface area contributed by atoms with Crippen LogP contribution in [0.1, 0.15) is 11.4 Å². The summed E-state index contributed by atoms with van der Waals surface area (Å²) < 4.78 is 15.5. The van der Waals surface area contributed by atoms with Crippen LogP contribution in [0.25, 0.3) is 17.1 Å². The van der Waals surface area contributed by atoms with E-state index in [4.69, 9.17) is 5.73 Å². The highest BCUT2D eigenvalue weighted by atomic mass is 19.1. The summed E-state index contributed by atoms with van der Waals surface area (Å²) in [4.78, 5) is 0. The molecule has 0 aliphatic heterocycles. The normalized spacial score (nSPS) is 10.8. The number of rotatable bonds is 3. The third-order valence-electron chi connectivity index (χ3n) is 3.23. The van der Waals surface area contributed by atoms with E-state index in [2.05, 4.69) is 10.2 Å². The lowest BCUT2D eigenvalue weighted by Crippen LogP contribution is -2.07. The number of benzene rings is 2. The molecule has 0 unspecified atom stereocenters. The van der Waals surface area contributed by atoms with Crippen LogP contribution < -0.4 is 5.73 Å². The molecule has 1 aromatic heterocycles. The van der Waals surface area contributed by atoms with Gasteiger partial charge in [-0.05, 0) is 42.8 Å². The third-order valence-corrected chi connectivity index (χ3v) is 3.23. The van der Waals surface area contributed by atoms with Gasteiger partial charge < -0.3 is 5.73 Å². The Morgan fingerprint density at radius 3 is 2.52 bits per heavy atom. The van der Waals surface area contributed by atoms with E-state index in [9.17, 15) is 4.39 Å². The number of para-hydroxylation sites is 1. The Kier molecular flexibility index (Phi) is 3.50. The average molecular weight is 282 g/mol. The minimum Gasteiger partial charge on any atom is -0.324 e. The van der Waals surface area contributed by atoms with Crippen LogP contribution in [0.3, 0.4) is 0 Å². The van der Waals surface area contributed by atoms with Crippen molar-refractivity contribution >= 4 is 0 Å². The highest BCUT2D eigenvalue weighted by Crippen LogP contribution is 2.24. The van der Waals surface area contributed by atoms with Crippen LogP contribution >= 0.6 is 0 Å². The summed E-state index contributed by atoms with van der Waals surface area (Å²) in [7, 11) is 0. The summed E-state index contributed by atoms with van der Waals surface area (Å²) in [6.45, 7) is 2.11. The second kappa shape index (κ2) is 5.46. The van der Waals surface area contributed by atoms with Crippen molar-refractivity contribution in [2.24, 2.45) is 5.73 Å². The van der Waals surface area contributed by atoms with Crippen molar-refractivity contribution < 1.29 is 4.39 Å². The Hall–Kier alpha value is -2.53. The fraction of sp³-hybridized carbons (Fsp3) is 0.125. The van der Waals surface area contributed by atoms with E-state index in [0.29, 0.717) is 17.2 Å². The minimum atomic E-state index is -0.290. The van der Waals surface area contributed by atoms with Crippen LogP contribution in [0.15, 0.2) is 48.5 Å². The molecule has 4 nitrogen and oxygen atoms in total. The van der Waals surface area contributed by atoms with E-state index in [1.54, 1.807) is 0 Å². The van der Waals surface area contributed by atoms with E-state index < -0.39 is 0 Å². The molecule has 0 radical (unpaired) electrons. The lowest BCUT2D eigenvalue weighted by molar-refractivity contribution is 0.627. The molecular weight excluding hydrogens is 267 g/mol. The molecule has 3 aromatic rings. The molecule has 0 saturated carbocycles. The van der Waals surface area contributed by atoms with Crippen molar-refractivity contribution in [3.05, 3.63) is 65.7 Å². The van der Waals surface area contributed by atoms with Gasteiger partial charge in [0.1, 0.15) is 5.82 Å². The number of halogens is 1. The highest BCUT2D eigenvalue weighted by molar-refractivity contribution is 5.60. The summed E-state index contributed by atoms with van der Waals surface area (Å²) in [6, 6.07) is 14.5. The second-order valence-electron chi connectivity index (χ2n) is 4.83. The Balaban J connectivity index is 2.22. The van der Waals surface area contributed by atoms with E-state index >= 15 is 0 Å². The summed E-state index contributed by atoms with van der Waals surface area (Å²) >= 11 is 0. The lowest BCUT2D eigenvalue weighted by Gasteiger charge is -2.10. The number of nitrogens with two attached hydrogens (primary N) is 1. The van der Waals surface area contributed by atoms with Crippen LogP contribution in [0.2, 0.25) is 0 Å². The van der Waals surface area contributed by atoms with Gasteiger partial charge in [-0.25, -0.2) is 4.39 Å². The largest absolute Gasteiger partial charge is 0.324 e. The average Bonchev–Trinajstić information content (AvgIpc) is 2.91. The van der Waals surface area contributed by atoms with Crippen LogP contribution in [0.4, 0.5) is 4.39 Å². The smallest absolute Gasteiger partial charge is 0.168 e. The molecule has 0 spiro atoms. The van der Waals surface area contributed by atoms with Gasteiger partial charge >= 0.3 is 0 Å². The molecule has 106 valence electrons. The van der Waals surface area contributed by atoms with Crippen molar-refractivity contribution in [1.82, 2.24) is 14.8 Å². The first-order valence-corrected chi connectivity index (χ1v) is 6.66. The Bertz CT molecular complexity index is 745. The molecule has 5 heteroatoms. The SMILES string of the molecule is Cc1cc(F)cc(-c2nnc(CN)n2-c2ccccc2)c1. The molecular formula is C16H15FN4. The third kappa shape index (κ3) is 2.55. The summed E-state index contributed by atoms with van der Waals surface area (Å²) in [5.74, 6) is 0.935. The van der Waals surface area contributed by atoms with E-state index in [1.165, 1.54) is 12.1 Å². The zero-order valence-electron chi connectivity index (χ0n) is 11.6. The summed E-state index contributed by atoms with van der Waals surface area (Å²) in [5.41, 5.74) is 8.16. The van der Waals surface area contributed by atoms with Crippen molar-refractivity contribution in [3.8, 4) is 17.1 Å². The van der Waals surface area contributed by atoms with Crippen LogP contribution in [0, 0.1) is 12.7 Å². The van der Waals surface area contributed by atoms with Crippen LogP contribution in [-0.2, 0) is 6.54 Å². The molecule has 21 heavy (non-hydrogen) atoms. The molecule has 0 bridgehead atoms. The first-order valence-electron chi connectivity index (χ1n) is 6.66. The fourth-order valence-electron chi connectivity index (χ4n) is 2.35. The van der Waals surface area contributed by atoms with Gasteiger partial charge in [-0.1, -0.05) is 18.2 Å². The molecule has 0 aliphatic rings. The zero-order valence-corrected chi connectivity index (χ0v) is 11.6. The van der Waals surface area contributed by atoms with Gasteiger partial charge in [0.15, 0.2) is 11.6 Å². The van der Waals surface area contributed by atoms with Gasteiger partial charge in [-0.15, -0.1) is 10.2 Å². The predicted octanol–water partition coefficient (Wildman–Crippen LogP) is 2.84. The number of nitrogens with zero attached hydrogens (tertiary/aromatic N) is 3. The second-order valence-corrected chi connectivity index (χ2v) is 4.83. The maximum atomic E-state index is 13.7. The van der Waals surface area contributed by atoms with Gasteiger partial charge in [-0.3, -0.25) is 4.57 Å². The van der Waals surface area contributed by atoms with Crippen molar-refractivity contribution in [1.29, 1.82) is 0 Å². The summed E-state index contributed by atoms with van der Waals surface area (Å²) in [5, 5.41) is 8.29. The predicted molar refractivity (Wildman–Crippen MR) is 79.4 cm³/mol. The zero-order chi connectivity index (χ0) is 14.8. The monoisotopic (exact) mass is 282 g/mol. The number of hydrogen-bond donors (Lipinski definition) is 1. The Morgan fingerprint density at radius 1 is 1.10 bits per heavy atom. The van der Waals surface area contributed by atoms with Gasteiger partial charge in [0.05, 0.1) is 6.54 Å². The molecule has 2 N–H and O–H groups in total. The topological polar surface area (TPSA) is 56.7 Å².